The Morgan fingerprint density at radius 3 is 2.76 bits per heavy atom. The standard InChI is InChI=1S/C16H22N2O3/c1-17-11-3-4-12(17)10-18(8-7-11)15-9-13(21-2)5-6-14(15)16(19)20/h5-6,9,11-12H,3-4,7-8,10H2,1-2H3,(H,19,20). The molecule has 2 bridgehead atoms. The highest BCUT2D eigenvalue weighted by Gasteiger charge is 2.35. The number of nitrogens with zero attached hydrogens (tertiary/aromatic N) is 2. The summed E-state index contributed by atoms with van der Waals surface area (Å²) in [6.45, 7) is 1.79. The third-order valence-corrected chi connectivity index (χ3v) is 4.92. The first-order valence-corrected chi connectivity index (χ1v) is 7.48. The van der Waals surface area contributed by atoms with Gasteiger partial charge in [-0.2, -0.15) is 0 Å². The molecule has 2 heterocycles. The van der Waals surface area contributed by atoms with Crippen LogP contribution < -0.4 is 9.64 Å². The first kappa shape index (κ1) is 14.2. The van der Waals surface area contributed by atoms with E-state index in [1.807, 2.05) is 6.07 Å². The van der Waals surface area contributed by atoms with Crippen molar-refractivity contribution in [2.24, 2.45) is 0 Å². The first-order valence-electron chi connectivity index (χ1n) is 7.48. The zero-order valence-electron chi connectivity index (χ0n) is 12.6. The monoisotopic (exact) mass is 290 g/mol. The van der Waals surface area contributed by atoms with Gasteiger partial charge in [-0.3, -0.25) is 4.90 Å². The van der Waals surface area contributed by atoms with E-state index in [0.717, 1.165) is 25.2 Å². The maximum atomic E-state index is 11.5. The Morgan fingerprint density at radius 1 is 1.29 bits per heavy atom. The molecule has 0 saturated carbocycles. The van der Waals surface area contributed by atoms with Crippen LogP contribution >= 0.6 is 0 Å². The van der Waals surface area contributed by atoms with Crippen molar-refractivity contribution in [3.8, 4) is 5.75 Å². The lowest BCUT2D eigenvalue weighted by Crippen LogP contribution is -2.37. The first-order chi connectivity index (χ1) is 10.1. The fourth-order valence-corrected chi connectivity index (χ4v) is 3.61. The molecule has 3 rings (SSSR count). The third-order valence-electron chi connectivity index (χ3n) is 4.92. The zero-order chi connectivity index (χ0) is 15.0. The summed E-state index contributed by atoms with van der Waals surface area (Å²) >= 11 is 0. The summed E-state index contributed by atoms with van der Waals surface area (Å²) in [5, 5.41) is 9.44. The van der Waals surface area contributed by atoms with E-state index in [0.29, 0.717) is 23.4 Å². The number of hydrogen-bond acceptors (Lipinski definition) is 4. The van der Waals surface area contributed by atoms with Crippen molar-refractivity contribution in [3.63, 3.8) is 0 Å². The van der Waals surface area contributed by atoms with E-state index in [4.69, 9.17) is 4.74 Å². The number of likely N-dealkylation sites (N-methyl/N-ethyl adjacent to an activating group) is 1. The number of carboxylic acids is 1. The lowest BCUT2D eigenvalue weighted by Gasteiger charge is -2.29. The highest BCUT2D eigenvalue weighted by Crippen LogP contribution is 2.33. The van der Waals surface area contributed by atoms with Crippen LogP contribution in [-0.4, -0.2) is 55.3 Å². The van der Waals surface area contributed by atoms with Gasteiger partial charge in [0.2, 0.25) is 0 Å². The van der Waals surface area contributed by atoms with E-state index in [9.17, 15) is 9.90 Å². The number of carboxylic acid groups (broad SMARTS) is 1. The number of fused-ring (bicyclic) bond motifs is 2. The van der Waals surface area contributed by atoms with Crippen LogP contribution in [0.5, 0.6) is 5.75 Å². The summed E-state index contributed by atoms with van der Waals surface area (Å²) in [7, 11) is 3.80. The summed E-state index contributed by atoms with van der Waals surface area (Å²) in [5.74, 6) is -0.173. The second kappa shape index (κ2) is 5.56. The van der Waals surface area contributed by atoms with Crippen LogP contribution in [0.3, 0.4) is 0 Å². The fourth-order valence-electron chi connectivity index (χ4n) is 3.61. The average molecular weight is 290 g/mol. The number of carbonyl (C=O) groups is 1. The Labute approximate surface area is 125 Å². The molecule has 2 aliphatic heterocycles. The van der Waals surface area contributed by atoms with Crippen LogP contribution in [-0.2, 0) is 0 Å². The predicted octanol–water partition coefficient (Wildman–Crippen LogP) is 2.07. The van der Waals surface area contributed by atoms with E-state index in [-0.39, 0.29) is 0 Å². The Morgan fingerprint density at radius 2 is 2.05 bits per heavy atom. The van der Waals surface area contributed by atoms with Crippen molar-refractivity contribution < 1.29 is 14.6 Å². The highest BCUT2D eigenvalue weighted by atomic mass is 16.5. The smallest absolute Gasteiger partial charge is 0.337 e. The Balaban J connectivity index is 1.93. The van der Waals surface area contributed by atoms with Gasteiger partial charge >= 0.3 is 5.97 Å². The van der Waals surface area contributed by atoms with Gasteiger partial charge in [-0.1, -0.05) is 0 Å². The van der Waals surface area contributed by atoms with E-state index in [2.05, 4.69) is 16.8 Å². The minimum absolute atomic E-state index is 0.358. The molecule has 2 fully saturated rings. The van der Waals surface area contributed by atoms with Crippen molar-refractivity contribution in [2.75, 3.05) is 32.1 Å². The normalized spacial score (nSPS) is 25.7. The number of aromatic carboxylic acids is 1. The molecule has 1 N–H and O–H groups in total. The molecule has 0 spiro atoms. The van der Waals surface area contributed by atoms with Gasteiger partial charge in [-0.15, -0.1) is 0 Å². The van der Waals surface area contributed by atoms with E-state index < -0.39 is 5.97 Å². The van der Waals surface area contributed by atoms with Gasteiger partial charge in [0.1, 0.15) is 5.75 Å². The number of anilines is 1. The quantitative estimate of drug-likeness (QED) is 0.923. The molecule has 2 saturated heterocycles. The molecule has 5 heteroatoms. The van der Waals surface area contributed by atoms with Gasteiger partial charge in [0.15, 0.2) is 0 Å². The maximum absolute atomic E-state index is 11.5. The van der Waals surface area contributed by atoms with Crippen LogP contribution in [0.15, 0.2) is 18.2 Å². The molecule has 2 atom stereocenters. The van der Waals surface area contributed by atoms with Gasteiger partial charge in [0.05, 0.1) is 18.4 Å². The fraction of sp³-hybridized carbons (Fsp3) is 0.562. The van der Waals surface area contributed by atoms with Crippen molar-refractivity contribution in [1.82, 2.24) is 4.90 Å². The third kappa shape index (κ3) is 2.58. The van der Waals surface area contributed by atoms with E-state index >= 15 is 0 Å². The van der Waals surface area contributed by atoms with Crippen molar-refractivity contribution in [1.29, 1.82) is 0 Å². The number of hydrogen-bond donors (Lipinski definition) is 1. The van der Waals surface area contributed by atoms with E-state index in [1.54, 1.807) is 19.2 Å². The van der Waals surface area contributed by atoms with Crippen LogP contribution in [0.25, 0.3) is 0 Å². The molecule has 0 radical (unpaired) electrons. The molecular weight excluding hydrogens is 268 g/mol. The summed E-state index contributed by atoms with van der Waals surface area (Å²) < 4.78 is 5.26. The molecule has 2 unspecified atom stereocenters. The second-order valence-electron chi connectivity index (χ2n) is 5.97. The van der Waals surface area contributed by atoms with Crippen LogP contribution in [0, 0.1) is 0 Å². The van der Waals surface area contributed by atoms with E-state index in [1.165, 1.54) is 12.8 Å². The minimum atomic E-state index is -0.879. The molecule has 5 nitrogen and oxygen atoms in total. The van der Waals surface area contributed by atoms with Crippen molar-refractivity contribution >= 4 is 11.7 Å². The average Bonchev–Trinajstić information content (AvgIpc) is 2.71. The van der Waals surface area contributed by atoms with Gasteiger partial charge in [-0.25, -0.2) is 4.79 Å². The number of rotatable bonds is 3. The van der Waals surface area contributed by atoms with Gasteiger partial charge in [0.25, 0.3) is 0 Å². The van der Waals surface area contributed by atoms with Crippen molar-refractivity contribution in [2.45, 2.75) is 31.3 Å². The van der Waals surface area contributed by atoms with Gasteiger partial charge < -0.3 is 14.7 Å². The Kier molecular flexibility index (Phi) is 3.76. The lowest BCUT2D eigenvalue weighted by molar-refractivity contribution is 0.0697. The van der Waals surface area contributed by atoms with Gasteiger partial charge in [-0.05, 0) is 38.4 Å². The number of benzene rings is 1. The van der Waals surface area contributed by atoms with Gasteiger partial charge in [0, 0.05) is 31.2 Å². The molecule has 2 aliphatic rings. The number of ether oxygens (including phenoxy) is 1. The molecular formula is C16H22N2O3. The largest absolute Gasteiger partial charge is 0.497 e. The molecule has 21 heavy (non-hydrogen) atoms. The summed E-state index contributed by atoms with van der Waals surface area (Å²) in [4.78, 5) is 16.2. The Bertz CT molecular complexity index is 546. The van der Waals surface area contributed by atoms with Crippen LogP contribution in [0.4, 0.5) is 5.69 Å². The minimum Gasteiger partial charge on any atom is -0.497 e. The van der Waals surface area contributed by atoms with Crippen molar-refractivity contribution in [3.05, 3.63) is 23.8 Å². The maximum Gasteiger partial charge on any atom is 0.337 e. The molecule has 0 aliphatic carbocycles. The predicted molar refractivity (Wildman–Crippen MR) is 81.4 cm³/mol. The van der Waals surface area contributed by atoms with Crippen LogP contribution in [0.1, 0.15) is 29.6 Å². The molecule has 114 valence electrons. The zero-order valence-corrected chi connectivity index (χ0v) is 12.6. The highest BCUT2D eigenvalue weighted by molar-refractivity contribution is 5.95. The topological polar surface area (TPSA) is 53.0 Å². The molecule has 0 aromatic heterocycles. The molecule has 1 aromatic carbocycles. The lowest BCUT2D eigenvalue weighted by atomic mass is 10.1. The second-order valence-corrected chi connectivity index (χ2v) is 5.97. The Hall–Kier alpha value is -1.75. The SMILES string of the molecule is COc1ccc(C(=O)O)c(N2CCC3CCC(C2)N3C)c1. The summed E-state index contributed by atoms with van der Waals surface area (Å²) in [6.07, 6.45) is 3.55. The number of methoxy groups -OCH3 is 1. The van der Waals surface area contributed by atoms with Crippen LogP contribution in [0.2, 0.25) is 0 Å². The molecule has 0 amide bonds. The summed E-state index contributed by atoms with van der Waals surface area (Å²) in [6, 6.07) is 6.36. The summed E-state index contributed by atoms with van der Waals surface area (Å²) in [5.41, 5.74) is 1.14. The molecule has 1 aromatic rings.